The third-order valence-electron chi connectivity index (χ3n) is 3.58. The van der Waals surface area contributed by atoms with E-state index in [1.165, 1.54) is 25.3 Å². The second-order valence-corrected chi connectivity index (χ2v) is 5.07. The fourth-order valence-electron chi connectivity index (χ4n) is 2.32. The van der Waals surface area contributed by atoms with Crippen LogP contribution in [0, 0.1) is 0 Å². The molecule has 0 fully saturated rings. The quantitative estimate of drug-likeness (QED) is 0.850. The number of hydrogen-bond donors (Lipinski definition) is 2. The maximum absolute atomic E-state index is 12.5. The molecule has 1 aromatic carbocycles. The first kappa shape index (κ1) is 16.5. The van der Waals surface area contributed by atoms with Crippen LogP contribution in [0.3, 0.4) is 0 Å². The molecule has 0 bridgehead atoms. The highest BCUT2D eigenvalue weighted by Crippen LogP contribution is 2.20. The van der Waals surface area contributed by atoms with Gasteiger partial charge >= 0.3 is 5.97 Å². The molecule has 0 saturated carbocycles. The van der Waals surface area contributed by atoms with Crippen molar-refractivity contribution in [3.63, 3.8) is 0 Å². The second-order valence-electron chi connectivity index (χ2n) is 5.07. The Labute approximate surface area is 133 Å². The number of ether oxygens (including phenoxy) is 1. The largest absolute Gasteiger partial charge is 0.497 e. The maximum atomic E-state index is 12.5. The smallest absolute Gasteiger partial charge is 0.335 e. The van der Waals surface area contributed by atoms with Crippen molar-refractivity contribution in [3.8, 4) is 5.75 Å². The zero-order chi connectivity index (χ0) is 17.0. The topological polar surface area (TPSA) is 93.4 Å². The highest BCUT2D eigenvalue weighted by molar-refractivity contribution is 5.98. The van der Waals surface area contributed by atoms with Gasteiger partial charge in [0.1, 0.15) is 5.75 Å². The number of carbonyl (C=O) groups excluding carboxylic acids is 1. The van der Waals surface area contributed by atoms with Crippen molar-refractivity contribution in [2.45, 2.75) is 19.4 Å². The standard InChI is InChI=1S/C16H19N3O4/c1-4-13(14-5-6-17-19(14)2)18-15(20)10-7-11(16(21)22)9-12(8-10)23-3/h5-9,13H,4H2,1-3H3,(H,18,20)(H,21,22)/t13-/m1/s1. The number of aryl methyl sites for hydroxylation is 1. The normalized spacial score (nSPS) is 11.8. The van der Waals surface area contributed by atoms with Crippen molar-refractivity contribution in [2.75, 3.05) is 7.11 Å². The monoisotopic (exact) mass is 317 g/mol. The molecule has 2 aromatic rings. The van der Waals surface area contributed by atoms with Gasteiger partial charge in [0.15, 0.2) is 0 Å². The number of methoxy groups -OCH3 is 1. The first-order chi connectivity index (χ1) is 11.0. The number of nitrogens with zero attached hydrogens (tertiary/aromatic N) is 2. The molecule has 1 heterocycles. The number of nitrogens with one attached hydrogen (secondary N) is 1. The van der Waals surface area contributed by atoms with Gasteiger partial charge in [-0.3, -0.25) is 9.48 Å². The van der Waals surface area contributed by atoms with Crippen LogP contribution in [-0.4, -0.2) is 33.9 Å². The minimum atomic E-state index is -1.11. The summed E-state index contributed by atoms with van der Waals surface area (Å²) < 4.78 is 6.76. The number of carbonyl (C=O) groups is 2. The first-order valence-corrected chi connectivity index (χ1v) is 7.17. The van der Waals surface area contributed by atoms with Gasteiger partial charge in [-0.1, -0.05) is 6.92 Å². The predicted molar refractivity (Wildman–Crippen MR) is 83.7 cm³/mol. The fraction of sp³-hybridized carbons (Fsp3) is 0.312. The molecule has 23 heavy (non-hydrogen) atoms. The number of carboxylic acids is 1. The summed E-state index contributed by atoms with van der Waals surface area (Å²) in [6, 6.07) is 5.84. The summed E-state index contributed by atoms with van der Waals surface area (Å²) >= 11 is 0. The van der Waals surface area contributed by atoms with Crippen LogP contribution in [0.5, 0.6) is 5.75 Å². The Balaban J connectivity index is 2.27. The summed E-state index contributed by atoms with van der Waals surface area (Å²) in [6.45, 7) is 1.95. The minimum Gasteiger partial charge on any atom is -0.497 e. The predicted octanol–water partition coefficient (Wildman–Crippen LogP) is 2.01. The molecule has 0 aliphatic carbocycles. The molecule has 0 unspecified atom stereocenters. The van der Waals surface area contributed by atoms with E-state index in [-0.39, 0.29) is 23.1 Å². The van der Waals surface area contributed by atoms with E-state index < -0.39 is 5.97 Å². The Bertz CT molecular complexity index is 724. The molecule has 7 heteroatoms. The van der Waals surface area contributed by atoms with E-state index >= 15 is 0 Å². The Hall–Kier alpha value is -2.83. The van der Waals surface area contributed by atoms with Crippen LogP contribution in [0.2, 0.25) is 0 Å². The van der Waals surface area contributed by atoms with Crippen molar-refractivity contribution in [3.05, 3.63) is 47.3 Å². The number of amides is 1. The van der Waals surface area contributed by atoms with Gasteiger partial charge in [0, 0.05) is 18.8 Å². The minimum absolute atomic E-state index is 0.00285. The average molecular weight is 317 g/mol. The Morgan fingerprint density at radius 2 is 2.04 bits per heavy atom. The van der Waals surface area contributed by atoms with Gasteiger partial charge in [0.05, 0.1) is 24.4 Å². The number of benzene rings is 1. The molecule has 0 radical (unpaired) electrons. The number of rotatable bonds is 6. The molecule has 0 aliphatic heterocycles. The van der Waals surface area contributed by atoms with E-state index in [1.807, 2.05) is 13.0 Å². The number of carboxylic acid groups (broad SMARTS) is 1. The Morgan fingerprint density at radius 3 is 2.57 bits per heavy atom. The number of hydrogen-bond acceptors (Lipinski definition) is 4. The lowest BCUT2D eigenvalue weighted by atomic mass is 10.1. The summed E-state index contributed by atoms with van der Waals surface area (Å²) in [5, 5.41) is 16.1. The lowest BCUT2D eigenvalue weighted by Crippen LogP contribution is -2.29. The van der Waals surface area contributed by atoms with Crippen molar-refractivity contribution < 1.29 is 19.4 Å². The average Bonchev–Trinajstić information content (AvgIpc) is 2.97. The summed E-state index contributed by atoms with van der Waals surface area (Å²) in [5.41, 5.74) is 1.12. The van der Waals surface area contributed by atoms with Crippen molar-refractivity contribution in [2.24, 2.45) is 7.05 Å². The van der Waals surface area contributed by atoms with Gasteiger partial charge in [-0.15, -0.1) is 0 Å². The van der Waals surface area contributed by atoms with E-state index in [2.05, 4.69) is 10.4 Å². The van der Waals surface area contributed by atoms with Gasteiger partial charge in [-0.05, 0) is 30.7 Å². The molecule has 1 amide bonds. The fourth-order valence-corrected chi connectivity index (χ4v) is 2.32. The van der Waals surface area contributed by atoms with Crippen molar-refractivity contribution in [1.29, 1.82) is 0 Å². The summed E-state index contributed by atoms with van der Waals surface area (Å²) in [7, 11) is 3.23. The highest BCUT2D eigenvalue weighted by Gasteiger charge is 2.18. The van der Waals surface area contributed by atoms with E-state index in [0.717, 1.165) is 5.69 Å². The maximum Gasteiger partial charge on any atom is 0.335 e. The zero-order valence-electron chi connectivity index (χ0n) is 13.2. The lowest BCUT2D eigenvalue weighted by molar-refractivity contribution is 0.0696. The van der Waals surface area contributed by atoms with Crippen LogP contribution in [0.15, 0.2) is 30.5 Å². The molecule has 7 nitrogen and oxygen atoms in total. The molecular formula is C16H19N3O4. The van der Waals surface area contributed by atoms with E-state index in [9.17, 15) is 9.59 Å². The third kappa shape index (κ3) is 3.68. The third-order valence-corrected chi connectivity index (χ3v) is 3.58. The van der Waals surface area contributed by atoms with Crippen LogP contribution in [0.4, 0.5) is 0 Å². The van der Waals surface area contributed by atoms with Crippen LogP contribution < -0.4 is 10.1 Å². The van der Waals surface area contributed by atoms with Crippen LogP contribution in [0.25, 0.3) is 0 Å². The molecule has 122 valence electrons. The highest BCUT2D eigenvalue weighted by atomic mass is 16.5. The van der Waals surface area contributed by atoms with Crippen LogP contribution >= 0.6 is 0 Å². The second kappa shape index (κ2) is 6.95. The van der Waals surface area contributed by atoms with Gasteiger partial charge in [0.25, 0.3) is 5.91 Å². The molecular weight excluding hydrogens is 298 g/mol. The summed E-state index contributed by atoms with van der Waals surface area (Å²) in [4.78, 5) is 23.6. The number of aromatic nitrogens is 2. The van der Waals surface area contributed by atoms with Gasteiger partial charge in [0.2, 0.25) is 0 Å². The molecule has 0 saturated heterocycles. The molecule has 1 atom stereocenters. The number of aromatic carboxylic acids is 1. The van der Waals surface area contributed by atoms with E-state index in [0.29, 0.717) is 12.2 Å². The molecule has 0 spiro atoms. The Kier molecular flexibility index (Phi) is 5.00. The Morgan fingerprint density at radius 1 is 1.35 bits per heavy atom. The SMILES string of the molecule is CC[C@@H](NC(=O)c1cc(OC)cc(C(=O)O)c1)c1ccnn1C. The van der Waals surface area contributed by atoms with Gasteiger partial charge < -0.3 is 15.2 Å². The zero-order valence-corrected chi connectivity index (χ0v) is 13.2. The molecule has 1 aromatic heterocycles. The molecule has 0 aliphatic rings. The van der Waals surface area contributed by atoms with Crippen LogP contribution in [-0.2, 0) is 7.05 Å². The first-order valence-electron chi connectivity index (χ1n) is 7.17. The van der Waals surface area contributed by atoms with E-state index in [4.69, 9.17) is 9.84 Å². The van der Waals surface area contributed by atoms with E-state index in [1.54, 1.807) is 17.9 Å². The molecule has 2 N–H and O–H groups in total. The molecule has 2 rings (SSSR count). The van der Waals surface area contributed by atoms with Crippen molar-refractivity contribution in [1.82, 2.24) is 15.1 Å². The van der Waals surface area contributed by atoms with Crippen molar-refractivity contribution >= 4 is 11.9 Å². The van der Waals surface area contributed by atoms with Gasteiger partial charge in [-0.25, -0.2) is 4.79 Å². The lowest BCUT2D eigenvalue weighted by Gasteiger charge is -2.17. The van der Waals surface area contributed by atoms with Gasteiger partial charge in [-0.2, -0.15) is 5.10 Å². The summed E-state index contributed by atoms with van der Waals surface area (Å²) in [6.07, 6.45) is 2.35. The van der Waals surface area contributed by atoms with Crippen LogP contribution in [0.1, 0.15) is 45.8 Å². The summed E-state index contributed by atoms with van der Waals surface area (Å²) in [5.74, 6) is -1.15.